The van der Waals surface area contributed by atoms with Crippen LogP contribution in [0.1, 0.15) is 12.8 Å². The number of nitrogens with one attached hydrogen (secondary N) is 2. The summed E-state index contributed by atoms with van der Waals surface area (Å²) in [5.74, 6) is -1.07. The lowest BCUT2D eigenvalue weighted by Crippen LogP contribution is -2.38. The molecule has 1 fully saturated rings. The van der Waals surface area contributed by atoms with Crippen molar-refractivity contribution < 1.29 is 17.7 Å². The molecule has 0 atom stereocenters. The number of piperidine rings is 1. The van der Waals surface area contributed by atoms with E-state index in [0.29, 0.717) is 25.9 Å². The molecule has 0 spiro atoms. The monoisotopic (exact) mass is 303 g/mol. The molecule has 2 N–H and O–H groups in total. The molecule has 1 heterocycles. The minimum absolute atomic E-state index is 0.00775. The van der Waals surface area contributed by atoms with Crippen LogP contribution in [-0.4, -0.2) is 31.7 Å². The van der Waals surface area contributed by atoms with Crippen LogP contribution in [0.5, 0.6) is 0 Å². The molecule has 0 bridgehead atoms. The summed E-state index contributed by atoms with van der Waals surface area (Å²) >= 11 is 0. The highest BCUT2D eigenvalue weighted by Gasteiger charge is 2.27. The van der Waals surface area contributed by atoms with Gasteiger partial charge in [-0.25, -0.2) is 8.42 Å². The van der Waals surface area contributed by atoms with Crippen molar-refractivity contribution in [2.75, 3.05) is 17.8 Å². The molecule has 7 nitrogen and oxygen atoms in total. The number of halogens is 1. The minimum atomic E-state index is -3.61. The molecule has 0 amide bonds. The molecule has 0 radical (unpaired) electrons. The van der Waals surface area contributed by atoms with Crippen molar-refractivity contribution in [1.82, 2.24) is 5.32 Å². The first-order chi connectivity index (χ1) is 9.40. The zero-order chi connectivity index (χ0) is 14.8. The number of rotatable bonds is 4. The molecular weight excluding hydrogens is 289 g/mol. The molecule has 2 rings (SSSR count). The molecule has 9 heteroatoms. The van der Waals surface area contributed by atoms with E-state index >= 15 is 0 Å². The van der Waals surface area contributed by atoms with Crippen molar-refractivity contribution in [3.63, 3.8) is 0 Å². The number of nitro groups is 1. The molecule has 1 aromatic rings. The van der Waals surface area contributed by atoms with Gasteiger partial charge < -0.3 is 5.32 Å². The van der Waals surface area contributed by atoms with E-state index in [1.807, 2.05) is 0 Å². The van der Waals surface area contributed by atoms with Gasteiger partial charge in [-0.05, 0) is 32.0 Å². The van der Waals surface area contributed by atoms with Gasteiger partial charge in [-0.15, -0.1) is 0 Å². The first-order valence-electron chi connectivity index (χ1n) is 6.06. The second kappa shape index (κ2) is 5.71. The Labute approximate surface area is 115 Å². The van der Waals surface area contributed by atoms with E-state index in [-0.39, 0.29) is 5.69 Å². The average molecular weight is 303 g/mol. The highest BCUT2D eigenvalue weighted by molar-refractivity contribution is 7.93. The Balaban J connectivity index is 2.17. The Kier molecular flexibility index (Phi) is 4.19. The van der Waals surface area contributed by atoms with Crippen LogP contribution >= 0.6 is 0 Å². The van der Waals surface area contributed by atoms with Gasteiger partial charge in [0, 0.05) is 12.1 Å². The van der Waals surface area contributed by atoms with Gasteiger partial charge >= 0.3 is 5.69 Å². The maximum atomic E-state index is 13.4. The molecule has 110 valence electrons. The molecular formula is C11H14FN3O4S. The van der Waals surface area contributed by atoms with E-state index in [1.54, 1.807) is 0 Å². The summed E-state index contributed by atoms with van der Waals surface area (Å²) in [6.45, 7) is 1.22. The van der Waals surface area contributed by atoms with Crippen LogP contribution in [0, 0.1) is 15.9 Å². The summed E-state index contributed by atoms with van der Waals surface area (Å²) in [6.07, 6.45) is 0.954. The molecule has 0 unspecified atom stereocenters. The predicted molar refractivity (Wildman–Crippen MR) is 71.5 cm³/mol. The zero-order valence-electron chi connectivity index (χ0n) is 10.5. The highest BCUT2D eigenvalue weighted by atomic mass is 32.2. The first-order valence-corrected chi connectivity index (χ1v) is 7.61. The number of anilines is 1. The smallest absolute Gasteiger partial charge is 0.304 e. The number of nitro benzene ring substituents is 1. The molecule has 1 aliphatic heterocycles. The maximum absolute atomic E-state index is 13.4. The van der Waals surface area contributed by atoms with E-state index in [9.17, 15) is 22.9 Å². The van der Waals surface area contributed by atoms with E-state index in [4.69, 9.17) is 0 Å². The maximum Gasteiger partial charge on any atom is 0.304 e. The summed E-state index contributed by atoms with van der Waals surface area (Å²) < 4.78 is 39.9. The fourth-order valence-electron chi connectivity index (χ4n) is 2.07. The minimum Gasteiger partial charge on any atom is -0.317 e. The van der Waals surface area contributed by atoms with Crippen molar-refractivity contribution in [3.05, 3.63) is 34.1 Å². The number of nitrogens with zero attached hydrogens (tertiary/aromatic N) is 1. The number of hydrogen-bond acceptors (Lipinski definition) is 5. The second-order valence-corrected chi connectivity index (χ2v) is 6.48. The topological polar surface area (TPSA) is 101 Å². The van der Waals surface area contributed by atoms with E-state index in [2.05, 4.69) is 10.0 Å². The number of sulfonamides is 1. The SMILES string of the molecule is O=[N+]([O-])c1ccc(NS(=O)(=O)C2CCNCC2)cc1F. The van der Waals surface area contributed by atoms with Gasteiger partial charge in [0.05, 0.1) is 15.9 Å². The molecule has 1 saturated heterocycles. The van der Waals surface area contributed by atoms with E-state index < -0.39 is 31.7 Å². The summed E-state index contributed by atoms with van der Waals surface area (Å²) in [7, 11) is -3.61. The molecule has 20 heavy (non-hydrogen) atoms. The lowest BCUT2D eigenvalue weighted by molar-refractivity contribution is -0.387. The van der Waals surface area contributed by atoms with Crippen LogP contribution < -0.4 is 10.0 Å². The van der Waals surface area contributed by atoms with Crippen molar-refractivity contribution in [3.8, 4) is 0 Å². The number of benzene rings is 1. The molecule has 0 saturated carbocycles. The van der Waals surface area contributed by atoms with Gasteiger partial charge in [0.25, 0.3) is 0 Å². The third-order valence-electron chi connectivity index (χ3n) is 3.13. The van der Waals surface area contributed by atoms with Gasteiger partial charge in [0.1, 0.15) is 0 Å². The number of hydrogen-bond donors (Lipinski definition) is 2. The molecule has 1 aromatic carbocycles. The van der Waals surface area contributed by atoms with E-state index in [0.717, 1.165) is 12.1 Å². The third-order valence-corrected chi connectivity index (χ3v) is 5.00. The fraction of sp³-hybridized carbons (Fsp3) is 0.455. The van der Waals surface area contributed by atoms with Gasteiger partial charge in [-0.2, -0.15) is 4.39 Å². The molecule has 0 aromatic heterocycles. The first kappa shape index (κ1) is 14.7. The lowest BCUT2D eigenvalue weighted by Gasteiger charge is -2.23. The Bertz CT molecular complexity index is 614. The van der Waals surface area contributed by atoms with Crippen molar-refractivity contribution in [2.24, 2.45) is 0 Å². The summed E-state index contributed by atoms with van der Waals surface area (Å²) in [5, 5.41) is 13.0. The van der Waals surface area contributed by atoms with Crippen LogP contribution in [0.4, 0.5) is 15.8 Å². The van der Waals surface area contributed by atoms with Crippen molar-refractivity contribution >= 4 is 21.4 Å². The standard InChI is InChI=1S/C11H14FN3O4S/c12-10-7-8(1-2-11(10)15(16)17)14-20(18,19)9-3-5-13-6-4-9/h1-2,7,9,13-14H,3-6H2. The van der Waals surface area contributed by atoms with Gasteiger partial charge in [-0.3, -0.25) is 14.8 Å². The molecule has 1 aliphatic rings. The normalized spacial score (nSPS) is 16.9. The Morgan fingerprint density at radius 1 is 1.35 bits per heavy atom. The van der Waals surface area contributed by atoms with Crippen LogP contribution in [0.15, 0.2) is 18.2 Å². The quantitative estimate of drug-likeness (QED) is 0.643. The van der Waals surface area contributed by atoms with Gasteiger partial charge in [-0.1, -0.05) is 0 Å². The Morgan fingerprint density at radius 3 is 2.55 bits per heavy atom. The fourth-order valence-corrected chi connectivity index (χ4v) is 3.55. The Hall–Kier alpha value is -1.74. The summed E-state index contributed by atoms with van der Waals surface area (Å²) in [6, 6.07) is 2.94. The van der Waals surface area contributed by atoms with Crippen molar-refractivity contribution in [1.29, 1.82) is 0 Å². The third kappa shape index (κ3) is 3.23. The van der Waals surface area contributed by atoms with Crippen LogP contribution in [0.25, 0.3) is 0 Å². The lowest BCUT2D eigenvalue weighted by atomic mass is 10.2. The highest BCUT2D eigenvalue weighted by Crippen LogP contribution is 2.23. The summed E-state index contributed by atoms with van der Waals surface area (Å²) in [4.78, 5) is 9.62. The Morgan fingerprint density at radius 2 is 2.00 bits per heavy atom. The van der Waals surface area contributed by atoms with Gasteiger partial charge in [0.15, 0.2) is 0 Å². The van der Waals surface area contributed by atoms with Crippen LogP contribution in [0.3, 0.4) is 0 Å². The largest absolute Gasteiger partial charge is 0.317 e. The van der Waals surface area contributed by atoms with Crippen LogP contribution in [0.2, 0.25) is 0 Å². The second-order valence-electron chi connectivity index (χ2n) is 4.52. The van der Waals surface area contributed by atoms with E-state index in [1.165, 1.54) is 6.07 Å². The predicted octanol–water partition coefficient (Wildman–Crippen LogP) is 1.23. The van der Waals surface area contributed by atoms with Crippen molar-refractivity contribution in [2.45, 2.75) is 18.1 Å². The summed E-state index contributed by atoms with van der Waals surface area (Å²) in [5.41, 5.74) is -0.693. The zero-order valence-corrected chi connectivity index (χ0v) is 11.3. The van der Waals surface area contributed by atoms with Crippen LogP contribution in [-0.2, 0) is 10.0 Å². The average Bonchev–Trinajstić information content (AvgIpc) is 2.39. The van der Waals surface area contributed by atoms with Gasteiger partial charge in [0.2, 0.25) is 15.8 Å². The molecule has 0 aliphatic carbocycles.